The van der Waals surface area contributed by atoms with Gasteiger partial charge in [0.15, 0.2) is 55.5 Å². The smallest absolute Gasteiger partial charge is 0.456 e. The molecule has 0 aromatic heterocycles. The molecule has 3 heterocycles. The molecule has 17 atom stereocenters. The summed E-state index contributed by atoms with van der Waals surface area (Å²) in [5.74, 6) is -8.21. The molecular formula is C39H62N4O27P2. The summed E-state index contributed by atoms with van der Waals surface area (Å²) in [7, 11) is -11.2. The maximum Gasteiger partial charge on any atom is 0.474 e. The van der Waals surface area contributed by atoms with Gasteiger partial charge >= 0.3 is 51.5 Å². The molecule has 72 heavy (non-hydrogen) atoms. The summed E-state index contributed by atoms with van der Waals surface area (Å²) in [6, 6.07) is -4.88. The van der Waals surface area contributed by atoms with Gasteiger partial charge in [0.25, 0.3) is 0 Å². The number of phosphoric acid groups is 2. The van der Waals surface area contributed by atoms with Crippen molar-refractivity contribution in [2.24, 2.45) is 5.73 Å². The lowest BCUT2D eigenvalue weighted by molar-refractivity contribution is -0.277. The van der Waals surface area contributed by atoms with Gasteiger partial charge in [-0.25, -0.2) is 9.13 Å². The van der Waals surface area contributed by atoms with Crippen LogP contribution in [0.3, 0.4) is 0 Å². The van der Waals surface area contributed by atoms with E-state index in [9.17, 15) is 62.1 Å². The van der Waals surface area contributed by atoms with Gasteiger partial charge in [0.2, 0.25) is 17.7 Å². The number of hydrogen-bond acceptors (Lipinski definition) is 26. The standard InChI is InChI=1S/C39H62N4O27P2/c1-11-25-31(60-19(5)47)35(64-23(9)51)29(42-17(3)45)38(66-25)69-71(53,54)59-15-27-33(62-21(7)49)36(65-24(10)52)30(43-18(4)46)39(68-27)70-72(55,56)58-14-26-32(61-20(6)48)34(63-22(8)50)28(41-16(2)44)37(67-26)57-13-12-40/h25-39H,11-15,40H2,1-10H3,(H,41,44)(H,42,45)(H,43,46)(H,53,54)(H,55,56)/t25?,26?,27?,28?,29?,30?,31-,32-,33-,34-,35-,36-,37+,38-,39-/m1/s1. The lowest BCUT2D eigenvalue weighted by Gasteiger charge is -2.46. The predicted molar refractivity (Wildman–Crippen MR) is 231 cm³/mol. The minimum atomic E-state index is -5.63. The van der Waals surface area contributed by atoms with Crippen LogP contribution >= 0.6 is 15.6 Å². The topological polar surface area (TPSA) is 420 Å². The van der Waals surface area contributed by atoms with Crippen LogP contribution in [0.2, 0.25) is 0 Å². The van der Waals surface area contributed by atoms with E-state index in [0.29, 0.717) is 0 Å². The van der Waals surface area contributed by atoms with Crippen molar-refractivity contribution in [1.29, 1.82) is 0 Å². The number of carbonyl (C=O) groups excluding carboxylic acids is 9. The van der Waals surface area contributed by atoms with Crippen molar-refractivity contribution >= 4 is 69.2 Å². The van der Waals surface area contributed by atoms with Gasteiger partial charge in [-0.05, 0) is 6.42 Å². The summed E-state index contributed by atoms with van der Waals surface area (Å²) in [5, 5.41) is 7.15. The van der Waals surface area contributed by atoms with Crippen LogP contribution in [0, 0.1) is 0 Å². The summed E-state index contributed by atoms with van der Waals surface area (Å²) in [6.45, 7) is 7.89. The van der Waals surface area contributed by atoms with Crippen molar-refractivity contribution < 1.29 is 128 Å². The average molecular weight is 1080 g/mol. The summed E-state index contributed by atoms with van der Waals surface area (Å²) < 4.78 is 104. The zero-order valence-corrected chi connectivity index (χ0v) is 42.6. The monoisotopic (exact) mass is 1080 g/mol. The van der Waals surface area contributed by atoms with Gasteiger partial charge < -0.3 is 78.8 Å². The number of ether oxygens (including phenoxy) is 10. The van der Waals surface area contributed by atoms with Crippen LogP contribution in [0.1, 0.15) is 75.7 Å². The molecule has 0 spiro atoms. The molecule has 0 radical (unpaired) electrons. The van der Waals surface area contributed by atoms with Crippen LogP contribution in [-0.2, 0) is 118 Å². The normalized spacial score (nSPS) is 31.9. The summed E-state index contributed by atoms with van der Waals surface area (Å²) >= 11 is 0. The fraction of sp³-hybridized carbons (Fsp3) is 0.769. The van der Waals surface area contributed by atoms with Gasteiger partial charge in [-0.2, -0.15) is 0 Å². The van der Waals surface area contributed by atoms with Gasteiger partial charge in [0, 0.05) is 68.9 Å². The van der Waals surface area contributed by atoms with E-state index in [2.05, 4.69) is 16.0 Å². The van der Waals surface area contributed by atoms with E-state index < -0.39 is 174 Å². The molecule has 7 N–H and O–H groups in total. The second-order valence-corrected chi connectivity index (χ2v) is 18.9. The number of nitrogens with two attached hydrogens (primary N) is 1. The third-order valence-corrected chi connectivity index (χ3v) is 11.8. The Kier molecular flexibility index (Phi) is 23.5. The van der Waals surface area contributed by atoms with E-state index in [4.69, 9.17) is 71.2 Å². The summed E-state index contributed by atoms with van der Waals surface area (Å²) in [6.07, 6.45) is -20.7. The Balaban J connectivity index is 2.03. The highest BCUT2D eigenvalue weighted by atomic mass is 31.2. The first-order valence-corrected chi connectivity index (χ1v) is 24.9. The number of carbonyl (C=O) groups is 9. The first kappa shape index (κ1) is 61.5. The molecule has 3 aliphatic heterocycles. The van der Waals surface area contributed by atoms with E-state index in [1.807, 2.05) is 0 Å². The molecule has 33 heteroatoms. The Morgan fingerprint density at radius 2 is 0.750 bits per heavy atom. The zero-order valence-electron chi connectivity index (χ0n) is 40.8. The minimum Gasteiger partial charge on any atom is -0.456 e. The number of phosphoric ester groups is 2. The van der Waals surface area contributed by atoms with E-state index in [-0.39, 0.29) is 19.6 Å². The minimum absolute atomic E-state index is 0.0177. The Morgan fingerprint density at radius 3 is 1.04 bits per heavy atom. The number of amides is 3. The number of esters is 6. The number of nitrogens with one attached hydrogen (secondary N) is 3. The predicted octanol–water partition coefficient (Wildman–Crippen LogP) is -2.08. The molecular weight excluding hydrogens is 1020 g/mol. The molecule has 0 bridgehead atoms. The molecule has 3 aliphatic rings. The lowest BCUT2D eigenvalue weighted by Crippen LogP contribution is -2.66. The molecule has 0 saturated carbocycles. The van der Waals surface area contributed by atoms with Crippen LogP contribution in [0.15, 0.2) is 0 Å². The molecule has 3 fully saturated rings. The maximum atomic E-state index is 13.9. The molecule has 410 valence electrons. The first-order valence-electron chi connectivity index (χ1n) is 21.9. The summed E-state index contributed by atoms with van der Waals surface area (Å²) in [4.78, 5) is 133. The molecule has 8 unspecified atom stereocenters. The largest absolute Gasteiger partial charge is 0.474 e. The average Bonchev–Trinajstić information content (AvgIpc) is 3.23. The molecule has 0 aromatic carbocycles. The van der Waals surface area contributed by atoms with E-state index >= 15 is 0 Å². The third-order valence-electron chi connectivity index (χ3n) is 9.94. The fourth-order valence-electron chi connectivity index (χ4n) is 7.63. The van der Waals surface area contributed by atoms with Crippen molar-refractivity contribution in [3.63, 3.8) is 0 Å². The van der Waals surface area contributed by atoms with Crippen molar-refractivity contribution in [1.82, 2.24) is 16.0 Å². The zero-order chi connectivity index (χ0) is 54.4. The molecule has 0 aromatic rings. The quantitative estimate of drug-likeness (QED) is 0.0363. The van der Waals surface area contributed by atoms with Crippen LogP contribution in [0.4, 0.5) is 0 Å². The van der Waals surface area contributed by atoms with E-state index in [1.165, 1.54) is 0 Å². The van der Waals surface area contributed by atoms with Gasteiger partial charge in [0.05, 0.1) is 19.8 Å². The highest BCUT2D eigenvalue weighted by molar-refractivity contribution is 7.47. The first-order chi connectivity index (χ1) is 33.5. The SMILES string of the molecule is CCC1O[C@H](OP(=O)(O)OCC2O[C@H](OP(=O)(O)OCC3O[C@H](OCCN)C(NC(C)=O)[C@@H](OC(C)=O)[C@@H]3OC(C)=O)C(NC(C)=O)[C@@H](OC(C)=O)[C@@H]2OC(C)=O)C(NC(C)=O)[C@@H](OC(C)=O)[C@@H]1OC(C)=O. The van der Waals surface area contributed by atoms with Crippen molar-refractivity contribution in [2.75, 3.05) is 26.4 Å². The Hall–Kier alpha value is -4.75. The maximum absolute atomic E-state index is 13.9. The highest BCUT2D eigenvalue weighted by Crippen LogP contribution is 2.50. The van der Waals surface area contributed by atoms with Crippen LogP contribution in [0.5, 0.6) is 0 Å². The van der Waals surface area contributed by atoms with Gasteiger partial charge in [0.1, 0.15) is 36.4 Å². The molecule has 3 saturated heterocycles. The van der Waals surface area contributed by atoms with Crippen LogP contribution < -0.4 is 21.7 Å². The molecule has 0 aliphatic carbocycles. The van der Waals surface area contributed by atoms with Crippen LogP contribution in [-0.4, -0.2) is 182 Å². The number of hydrogen-bond donors (Lipinski definition) is 6. The fourth-order valence-corrected chi connectivity index (χ4v) is 9.31. The van der Waals surface area contributed by atoms with Gasteiger partial charge in [-0.15, -0.1) is 0 Å². The van der Waals surface area contributed by atoms with Crippen molar-refractivity contribution in [3.05, 3.63) is 0 Å². The van der Waals surface area contributed by atoms with Crippen molar-refractivity contribution in [3.8, 4) is 0 Å². The van der Waals surface area contributed by atoms with E-state index in [0.717, 1.165) is 62.3 Å². The molecule has 3 rings (SSSR count). The Bertz CT molecular complexity index is 2070. The van der Waals surface area contributed by atoms with Crippen LogP contribution in [0.25, 0.3) is 0 Å². The van der Waals surface area contributed by atoms with Gasteiger partial charge in [-0.1, -0.05) is 6.92 Å². The molecule has 31 nitrogen and oxygen atoms in total. The highest BCUT2D eigenvalue weighted by Gasteiger charge is 2.56. The third kappa shape index (κ3) is 18.9. The van der Waals surface area contributed by atoms with Crippen molar-refractivity contribution in [2.45, 2.75) is 168 Å². The van der Waals surface area contributed by atoms with Gasteiger partial charge in [-0.3, -0.25) is 61.2 Å². The lowest BCUT2D eigenvalue weighted by atomic mass is 9.94. The second kappa shape index (κ2) is 27.5. The Labute approximate surface area is 411 Å². The molecule has 3 amide bonds. The summed E-state index contributed by atoms with van der Waals surface area (Å²) in [5.41, 5.74) is 5.59. The number of rotatable bonds is 23. The van der Waals surface area contributed by atoms with E-state index in [1.54, 1.807) is 6.92 Å². The Morgan fingerprint density at radius 1 is 0.472 bits per heavy atom. The second-order valence-electron chi connectivity index (χ2n) is 16.1.